The van der Waals surface area contributed by atoms with Gasteiger partial charge in [-0.3, -0.25) is 0 Å². The molecule has 0 aliphatic carbocycles. The average Bonchev–Trinajstić information content (AvgIpc) is 2.82. The molecular formula is C25H29F2N5O5. The van der Waals surface area contributed by atoms with Gasteiger partial charge in [0, 0.05) is 18.2 Å². The Balaban J connectivity index is 1.57. The molecule has 0 aliphatic rings. The van der Waals surface area contributed by atoms with Crippen LogP contribution in [0.4, 0.5) is 20.7 Å². The molecule has 0 bridgehead atoms. The van der Waals surface area contributed by atoms with Crippen LogP contribution in [0.2, 0.25) is 0 Å². The third kappa shape index (κ3) is 8.44. The average molecular weight is 518 g/mol. The van der Waals surface area contributed by atoms with Crippen LogP contribution in [-0.2, 0) is 11.3 Å². The fraction of sp³-hybridized carbons (Fsp3) is 0.360. The van der Waals surface area contributed by atoms with Crippen molar-refractivity contribution in [2.75, 3.05) is 23.8 Å². The third-order valence-corrected chi connectivity index (χ3v) is 4.77. The van der Waals surface area contributed by atoms with Gasteiger partial charge in [0.1, 0.15) is 36.3 Å². The predicted molar refractivity (Wildman–Crippen MR) is 132 cm³/mol. The minimum absolute atomic E-state index is 0.0172. The highest BCUT2D eigenvalue weighted by Gasteiger charge is 2.29. The first kappa shape index (κ1) is 27.4. The van der Waals surface area contributed by atoms with Crippen molar-refractivity contribution < 1.29 is 32.9 Å². The maximum absolute atomic E-state index is 13.9. The number of carboxylic acid groups (broad SMARTS) is 1. The second-order valence-corrected chi connectivity index (χ2v) is 8.74. The highest BCUT2D eigenvalue weighted by Crippen LogP contribution is 2.22. The molecule has 0 spiro atoms. The van der Waals surface area contributed by atoms with Gasteiger partial charge in [-0.2, -0.15) is 15.0 Å². The molecule has 0 saturated carbocycles. The van der Waals surface area contributed by atoms with E-state index in [4.69, 9.17) is 19.3 Å². The number of nitrogens with zero attached hydrogens (tertiary/aromatic N) is 3. The largest absolute Gasteiger partial charge is 0.490 e. The van der Waals surface area contributed by atoms with Crippen molar-refractivity contribution in [2.24, 2.45) is 0 Å². The Morgan fingerprint density at radius 1 is 0.973 bits per heavy atom. The van der Waals surface area contributed by atoms with E-state index in [-0.39, 0.29) is 49.3 Å². The lowest BCUT2D eigenvalue weighted by Gasteiger charge is -2.21. The molecule has 0 amide bonds. The molecule has 1 heterocycles. The lowest BCUT2D eigenvalue weighted by molar-refractivity contribution is -0.152. The lowest BCUT2D eigenvalue weighted by Crippen LogP contribution is -2.37. The molecule has 1 aromatic heterocycles. The summed E-state index contributed by atoms with van der Waals surface area (Å²) in [7, 11) is 0. The van der Waals surface area contributed by atoms with Crippen molar-refractivity contribution in [3.05, 3.63) is 59.7 Å². The van der Waals surface area contributed by atoms with Crippen LogP contribution in [0.5, 0.6) is 17.5 Å². The number of carbonyl (C=O) groups is 1. The van der Waals surface area contributed by atoms with E-state index in [2.05, 4.69) is 25.6 Å². The predicted octanol–water partition coefficient (Wildman–Crippen LogP) is 4.28. The molecule has 0 aliphatic heterocycles. The zero-order valence-electron chi connectivity index (χ0n) is 20.9. The van der Waals surface area contributed by atoms with Gasteiger partial charge in [-0.25, -0.2) is 13.6 Å². The minimum atomic E-state index is -1.36. The van der Waals surface area contributed by atoms with Crippen molar-refractivity contribution in [3.63, 3.8) is 0 Å². The molecule has 0 atom stereocenters. The van der Waals surface area contributed by atoms with E-state index in [0.717, 1.165) is 18.2 Å². The minimum Gasteiger partial charge on any atom is -0.490 e. The fourth-order valence-electron chi connectivity index (χ4n) is 2.91. The molecule has 12 heteroatoms. The number of benzene rings is 2. The second-order valence-electron chi connectivity index (χ2n) is 8.74. The molecule has 2 aromatic carbocycles. The summed E-state index contributed by atoms with van der Waals surface area (Å²) < 4.78 is 44.1. The number of aromatic nitrogens is 3. The van der Waals surface area contributed by atoms with E-state index < -0.39 is 23.2 Å². The summed E-state index contributed by atoms with van der Waals surface area (Å²) in [6.07, 6.45) is 0. The molecular weight excluding hydrogens is 488 g/mol. The highest BCUT2D eigenvalue weighted by atomic mass is 19.1. The van der Waals surface area contributed by atoms with E-state index in [1.165, 1.54) is 13.8 Å². The lowest BCUT2D eigenvalue weighted by atomic mass is 10.1. The number of halogens is 2. The number of hydrogen-bond acceptors (Lipinski definition) is 9. The molecule has 198 valence electrons. The monoisotopic (exact) mass is 517 g/mol. The maximum Gasteiger partial charge on any atom is 0.347 e. The van der Waals surface area contributed by atoms with Gasteiger partial charge in [0.25, 0.3) is 0 Å². The third-order valence-electron chi connectivity index (χ3n) is 4.77. The standard InChI is InChI=1S/C25H29F2N5O5/c1-15(2)29-23-30-22(28-14-16-13-17(26)5-10-20(16)27)31-24(32-23)36-12-11-35-18-6-8-19(9-7-18)37-25(3,4)21(33)34/h5-10,13,15H,11-12,14H2,1-4H3,(H,33,34)(H2,28,29,30,31,32). The molecule has 3 aromatic rings. The number of anilines is 2. The number of aliphatic carboxylic acids is 1. The van der Waals surface area contributed by atoms with E-state index in [0.29, 0.717) is 11.5 Å². The Kier molecular flexibility index (Phi) is 8.99. The summed E-state index contributed by atoms with van der Waals surface area (Å²) in [5.74, 6) is -0.880. The van der Waals surface area contributed by atoms with Crippen LogP contribution in [0.15, 0.2) is 42.5 Å². The summed E-state index contributed by atoms with van der Waals surface area (Å²) in [5.41, 5.74) is -1.24. The number of rotatable bonds is 13. The molecule has 10 nitrogen and oxygen atoms in total. The van der Waals surface area contributed by atoms with Crippen LogP contribution in [0, 0.1) is 11.6 Å². The maximum atomic E-state index is 13.9. The van der Waals surface area contributed by atoms with E-state index >= 15 is 0 Å². The smallest absolute Gasteiger partial charge is 0.347 e. The summed E-state index contributed by atoms with van der Waals surface area (Å²) >= 11 is 0. The molecule has 0 unspecified atom stereocenters. The van der Waals surface area contributed by atoms with Gasteiger partial charge in [-0.15, -0.1) is 0 Å². The van der Waals surface area contributed by atoms with Crippen molar-refractivity contribution in [1.29, 1.82) is 0 Å². The molecule has 3 rings (SSSR count). The van der Waals surface area contributed by atoms with Crippen molar-refractivity contribution >= 4 is 17.9 Å². The van der Waals surface area contributed by atoms with Gasteiger partial charge in [0.15, 0.2) is 5.60 Å². The molecule has 0 radical (unpaired) electrons. The Morgan fingerprint density at radius 3 is 2.30 bits per heavy atom. The summed E-state index contributed by atoms with van der Waals surface area (Å²) in [6, 6.07) is 9.75. The van der Waals surface area contributed by atoms with Crippen LogP contribution in [0.25, 0.3) is 0 Å². The van der Waals surface area contributed by atoms with Crippen LogP contribution >= 0.6 is 0 Å². The number of ether oxygens (including phenoxy) is 3. The van der Waals surface area contributed by atoms with Gasteiger partial charge in [-0.05, 0) is 70.2 Å². The Hall–Kier alpha value is -4.22. The molecule has 37 heavy (non-hydrogen) atoms. The van der Waals surface area contributed by atoms with Crippen LogP contribution < -0.4 is 24.8 Å². The van der Waals surface area contributed by atoms with Crippen molar-refractivity contribution in [1.82, 2.24) is 15.0 Å². The number of hydrogen-bond donors (Lipinski definition) is 3. The van der Waals surface area contributed by atoms with Crippen molar-refractivity contribution in [3.8, 4) is 17.5 Å². The number of nitrogens with one attached hydrogen (secondary N) is 2. The molecule has 3 N–H and O–H groups in total. The second kappa shape index (κ2) is 12.2. The Labute approximate surface area is 213 Å². The first-order chi connectivity index (χ1) is 17.5. The van der Waals surface area contributed by atoms with Crippen molar-refractivity contribution in [2.45, 2.75) is 45.9 Å². The SMILES string of the molecule is CC(C)Nc1nc(NCc2cc(F)ccc2F)nc(OCCOc2ccc(OC(C)(C)C(=O)O)cc2)n1. The van der Waals surface area contributed by atoms with E-state index in [9.17, 15) is 13.6 Å². The van der Waals surface area contributed by atoms with Gasteiger partial charge < -0.3 is 30.0 Å². The van der Waals surface area contributed by atoms with Crippen LogP contribution in [0.1, 0.15) is 33.3 Å². The Morgan fingerprint density at radius 2 is 1.62 bits per heavy atom. The normalized spacial score (nSPS) is 11.2. The van der Waals surface area contributed by atoms with Gasteiger partial charge >= 0.3 is 12.0 Å². The molecule has 0 saturated heterocycles. The van der Waals surface area contributed by atoms with Gasteiger partial charge in [0.05, 0.1) is 0 Å². The highest BCUT2D eigenvalue weighted by molar-refractivity contribution is 5.76. The zero-order valence-corrected chi connectivity index (χ0v) is 20.9. The summed E-state index contributed by atoms with van der Waals surface area (Å²) in [5, 5.41) is 15.1. The fourth-order valence-corrected chi connectivity index (χ4v) is 2.91. The zero-order chi connectivity index (χ0) is 27.0. The Bertz CT molecular complexity index is 1210. The topological polar surface area (TPSA) is 128 Å². The van der Waals surface area contributed by atoms with E-state index in [1.807, 2.05) is 13.8 Å². The van der Waals surface area contributed by atoms with Gasteiger partial charge in [0.2, 0.25) is 11.9 Å². The van der Waals surface area contributed by atoms with Gasteiger partial charge in [-0.1, -0.05) is 0 Å². The first-order valence-corrected chi connectivity index (χ1v) is 11.5. The molecule has 0 fully saturated rings. The van der Waals surface area contributed by atoms with Crippen LogP contribution in [0.3, 0.4) is 0 Å². The van der Waals surface area contributed by atoms with Crippen LogP contribution in [-0.4, -0.2) is 50.9 Å². The summed E-state index contributed by atoms with van der Waals surface area (Å²) in [4.78, 5) is 23.8. The summed E-state index contributed by atoms with van der Waals surface area (Å²) in [6.45, 7) is 6.96. The first-order valence-electron chi connectivity index (χ1n) is 11.5. The number of carboxylic acids is 1. The van der Waals surface area contributed by atoms with E-state index in [1.54, 1.807) is 24.3 Å². The quantitative estimate of drug-likeness (QED) is 0.283.